The number of hydrogen-bond donors (Lipinski definition) is 2. The standard InChI is InChI=1S/C17H24N4O3S/c1-10(2)7-18-16(23)14-6-12-13(20-21(3)17(12)25-14)8-19-15(22)11-4-5-24-9-11/h6,10-11H,4-5,7-9H2,1-3H3,(H,18,23)(H,19,22). The van der Waals surface area contributed by atoms with Gasteiger partial charge in [0.2, 0.25) is 5.91 Å². The molecule has 0 aromatic carbocycles. The number of aryl methyl sites for hydroxylation is 1. The lowest BCUT2D eigenvalue weighted by Crippen LogP contribution is -2.30. The summed E-state index contributed by atoms with van der Waals surface area (Å²) in [5.74, 6) is 0.277. The largest absolute Gasteiger partial charge is 0.381 e. The molecule has 1 saturated heterocycles. The molecule has 1 aliphatic rings. The SMILES string of the molecule is CC(C)CNC(=O)c1cc2c(CNC(=O)C3CCOC3)nn(C)c2s1. The van der Waals surface area contributed by atoms with E-state index in [1.165, 1.54) is 11.3 Å². The summed E-state index contributed by atoms with van der Waals surface area (Å²) >= 11 is 1.42. The van der Waals surface area contributed by atoms with Crippen molar-refractivity contribution in [2.75, 3.05) is 19.8 Å². The Morgan fingerprint density at radius 2 is 2.24 bits per heavy atom. The highest BCUT2D eigenvalue weighted by molar-refractivity contribution is 7.20. The van der Waals surface area contributed by atoms with Gasteiger partial charge in [0.15, 0.2) is 0 Å². The van der Waals surface area contributed by atoms with Crippen LogP contribution in [0.2, 0.25) is 0 Å². The summed E-state index contributed by atoms with van der Waals surface area (Å²) in [6, 6.07) is 1.86. The maximum Gasteiger partial charge on any atom is 0.261 e. The summed E-state index contributed by atoms with van der Waals surface area (Å²) in [4.78, 5) is 26.0. The number of rotatable bonds is 6. The van der Waals surface area contributed by atoms with E-state index in [0.717, 1.165) is 22.3 Å². The van der Waals surface area contributed by atoms with Crippen LogP contribution < -0.4 is 10.6 Å². The fourth-order valence-corrected chi connectivity index (χ4v) is 3.80. The van der Waals surface area contributed by atoms with E-state index in [9.17, 15) is 9.59 Å². The Morgan fingerprint density at radius 3 is 2.92 bits per heavy atom. The highest BCUT2D eigenvalue weighted by Gasteiger charge is 2.24. The maximum atomic E-state index is 12.3. The Kier molecular flexibility index (Phi) is 5.39. The molecule has 0 bridgehead atoms. The first kappa shape index (κ1) is 17.9. The van der Waals surface area contributed by atoms with Crippen molar-refractivity contribution in [1.82, 2.24) is 20.4 Å². The van der Waals surface area contributed by atoms with Crippen molar-refractivity contribution in [1.29, 1.82) is 0 Å². The van der Waals surface area contributed by atoms with Crippen LogP contribution in [0.25, 0.3) is 10.2 Å². The van der Waals surface area contributed by atoms with Crippen LogP contribution in [0.3, 0.4) is 0 Å². The molecule has 25 heavy (non-hydrogen) atoms. The molecule has 2 amide bonds. The number of ether oxygens (including phenoxy) is 1. The van der Waals surface area contributed by atoms with Gasteiger partial charge in [-0.25, -0.2) is 0 Å². The number of fused-ring (bicyclic) bond motifs is 1. The molecular formula is C17H24N4O3S. The minimum Gasteiger partial charge on any atom is -0.381 e. The van der Waals surface area contributed by atoms with Gasteiger partial charge in [-0.1, -0.05) is 13.8 Å². The van der Waals surface area contributed by atoms with Gasteiger partial charge in [-0.05, 0) is 18.4 Å². The highest BCUT2D eigenvalue weighted by atomic mass is 32.1. The molecule has 0 aliphatic carbocycles. The number of nitrogens with one attached hydrogen (secondary N) is 2. The van der Waals surface area contributed by atoms with Gasteiger partial charge in [-0.3, -0.25) is 14.3 Å². The van der Waals surface area contributed by atoms with Crippen LogP contribution in [0.1, 0.15) is 35.6 Å². The number of amides is 2. The van der Waals surface area contributed by atoms with Crippen LogP contribution in [-0.2, 0) is 23.1 Å². The lowest BCUT2D eigenvalue weighted by molar-refractivity contribution is -0.125. The molecule has 1 atom stereocenters. The molecule has 7 nitrogen and oxygen atoms in total. The lowest BCUT2D eigenvalue weighted by atomic mass is 10.1. The van der Waals surface area contributed by atoms with Crippen molar-refractivity contribution >= 4 is 33.4 Å². The quantitative estimate of drug-likeness (QED) is 0.817. The second-order valence-electron chi connectivity index (χ2n) is 6.78. The summed E-state index contributed by atoms with van der Waals surface area (Å²) in [7, 11) is 1.85. The Morgan fingerprint density at radius 1 is 1.44 bits per heavy atom. The molecule has 2 aromatic rings. The molecule has 2 aromatic heterocycles. The molecule has 136 valence electrons. The zero-order valence-electron chi connectivity index (χ0n) is 14.8. The van der Waals surface area contributed by atoms with Crippen LogP contribution in [-0.4, -0.2) is 41.4 Å². The topological polar surface area (TPSA) is 85.2 Å². The zero-order chi connectivity index (χ0) is 18.0. The van der Waals surface area contributed by atoms with E-state index in [4.69, 9.17) is 4.74 Å². The van der Waals surface area contributed by atoms with Crippen molar-refractivity contribution in [2.24, 2.45) is 18.9 Å². The zero-order valence-corrected chi connectivity index (χ0v) is 15.6. The normalized spacial score (nSPS) is 17.4. The van der Waals surface area contributed by atoms with E-state index in [0.29, 0.717) is 37.1 Å². The Balaban J connectivity index is 1.70. The summed E-state index contributed by atoms with van der Waals surface area (Å²) in [5.41, 5.74) is 0.781. The average molecular weight is 364 g/mol. The molecule has 1 fully saturated rings. The molecule has 3 rings (SSSR count). The minimum atomic E-state index is -0.0703. The maximum absolute atomic E-state index is 12.3. The number of aromatic nitrogens is 2. The van der Waals surface area contributed by atoms with Crippen molar-refractivity contribution in [3.05, 3.63) is 16.6 Å². The molecule has 0 spiro atoms. The van der Waals surface area contributed by atoms with Crippen molar-refractivity contribution < 1.29 is 14.3 Å². The Labute approximate surface area is 150 Å². The van der Waals surface area contributed by atoms with Gasteiger partial charge in [-0.2, -0.15) is 5.10 Å². The van der Waals surface area contributed by atoms with Gasteiger partial charge in [0.1, 0.15) is 4.83 Å². The van der Waals surface area contributed by atoms with Crippen molar-refractivity contribution in [3.63, 3.8) is 0 Å². The molecule has 2 N–H and O–H groups in total. The van der Waals surface area contributed by atoms with Crippen molar-refractivity contribution in [3.8, 4) is 0 Å². The van der Waals surface area contributed by atoms with Crippen LogP contribution in [0.15, 0.2) is 6.07 Å². The summed E-state index contributed by atoms with van der Waals surface area (Å²) in [6.45, 7) is 6.26. The fourth-order valence-electron chi connectivity index (χ4n) is 2.79. The van der Waals surface area contributed by atoms with E-state index < -0.39 is 0 Å². The second-order valence-corrected chi connectivity index (χ2v) is 7.81. The lowest BCUT2D eigenvalue weighted by Gasteiger charge is -2.08. The second kappa shape index (κ2) is 7.53. The van der Waals surface area contributed by atoms with Crippen LogP contribution in [0.5, 0.6) is 0 Å². The highest BCUT2D eigenvalue weighted by Crippen LogP contribution is 2.28. The fraction of sp³-hybridized carbons (Fsp3) is 0.588. The first-order valence-corrected chi connectivity index (χ1v) is 9.36. The first-order valence-electron chi connectivity index (χ1n) is 8.54. The van der Waals surface area contributed by atoms with Crippen LogP contribution in [0, 0.1) is 11.8 Å². The van der Waals surface area contributed by atoms with E-state index in [-0.39, 0.29) is 17.7 Å². The van der Waals surface area contributed by atoms with Gasteiger partial charge in [-0.15, -0.1) is 11.3 Å². The minimum absolute atomic E-state index is 0.00133. The summed E-state index contributed by atoms with van der Waals surface area (Å²) in [6.07, 6.45) is 0.766. The van der Waals surface area contributed by atoms with Gasteiger partial charge in [0.05, 0.1) is 29.6 Å². The van der Waals surface area contributed by atoms with E-state index in [2.05, 4.69) is 29.6 Å². The number of carbonyl (C=O) groups is 2. The smallest absolute Gasteiger partial charge is 0.261 e. The van der Waals surface area contributed by atoms with E-state index in [1.807, 2.05) is 13.1 Å². The third kappa shape index (κ3) is 4.01. The predicted octanol–water partition coefficient (Wildman–Crippen LogP) is 1.67. The van der Waals surface area contributed by atoms with Crippen LogP contribution >= 0.6 is 11.3 Å². The van der Waals surface area contributed by atoms with Crippen LogP contribution in [0.4, 0.5) is 0 Å². The summed E-state index contributed by atoms with van der Waals surface area (Å²) < 4.78 is 7.01. The third-order valence-electron chi connectivity index (χ3n) is 4.21. The molecule has 1 aliphatic heterocycles. The number of thiophene rings is 1. The van der Waals surface area contributed by atoms with Crippen molar-refractivity contribution in [2.45, 2.75) is 26.8 Å². The molecule has 0 radical (unpaired) electrons. The van der Waals surface area contributed by atoms with E-state index in [1.54, 1.807) is 4.68 Å². The Hall–Kier alpha value is -1.93. The first-order chi connectivity index (χ1) is 12.0. The van der Waals surface area contributed by atoms with Gasteiger partial charge < -0.3 is 15.4 Å². The molecule has 0 saturated carbocycles. The molecular weight excluding hydrogens is 340 g/mol. The number of carbonyl (C=O) groups excluding carboxylic acids is 2. The van der Waals surface area contributed by atoms with Gasteiger partial charge in [0, 0.05) is 25.6 Å². The van der Waals surface area contributed by atoms with Gasteiger partial charge >= 0.3 is 0 Å². The number of hydrogen-bond acceptors (Lipinski definition) is 5. The predicted molar refractivity (Wildman–Crippen MR) is 96.5 cm³/mol. The van der Waals surface area contributed by atoms with Gasteiger partial charge in [0.25, 0.3) is 5.91 Å². The van der Waals surface area contributed by atoms with E-state index >= 15 is 0 Å². The number of nitrogens with zero attached hydrogens (tertiary/aromatic N) is 2. The molecule has 1 unspecified atom stereocenters. The monoisotopic (exact) mass is 364 g/mol. The molecule has 3 heterocycles. The molecule has 8 heteroatoms. The Bertz CT molecular complexity index is 774. The average Bonchev–Trinajstić information content (AvgIpc) is 3.29. The summed E-state index contributed by atoms with van der Waals surface area (Å²) in [5, 5.41) is 11.3. The third-order valence-corrected chi connectivity index (χ3v) is 5.41.